The Hall–Kier alpha value is -0.970. The number of rotatable bonds is 3. The predicted octanol–water partition coefficient (Wildman–Crippen LogP) is 1.99. The van der Waals surface area contributed by atoms with E-state index in [2.05, 4.69) is 40.6 Å². The molecule has 1 N–H and O–H groups in total. The molecule has 2 heterocycles. The van der Waals surface area contributed by atoms with Crippen molar-refractivity contribution in [3.05, 3.63) is 18.7 Å². The topological polar surface area (TPSA) is 42.2 Å². The molecule has 3 atom stereocenters. The third kappa shape index (κ3) is 3.49. The maximum Gasteiger partial charge on any atom is 0.157 e. The van der Waals surface area contributed by atoms with Gasteiger partial charge < -0.3 is 9.88 Å². The van der Waals surface area contributed by atoms with E-state index in [1.165, 1.54) is 0 Å². The zero-order valence-corrected chi connectivity index (χ0v) is 11.4. The Bertz CT molecular complexity index is 374. The molecule has 0 saturated carbocycles. The minimum absolute atomic E-state index is 0.371. The fraction of sp³-hybridized carbons (Fsp3) is 0.667. The van der Waals surface area contributed by atoms with Crippen molar-refractivity contribution in [1.82, 2.24) is 14.9 Å². The van der Waals surface area contributed by atoms with Crippen LogP contribution in [0.2, 0.25) is 0 Å². The molecule has 0 aliphatic carbocycles. The van der Waals surface area contributed by atoms with Crippen molar-refractivity contribution in [2.45, 2.75) is 39.4 Å². The van der Waals surface area contributed by atoms with Gasteiger partial charge in [-0.1, -0.05) is 18.7 Å². The molecule has 1 aliphatic heterocycles. The van der Waals surface area contributed by atoms with E-state index in [1.807, 2.05) is 30.5 Å². The van der Waals surface area contributed by atoms with Crippen LogP contribution in [0.4, 0.5) is 0 Å². The molecule has 2 rings (SSSR count). The van der Waals surface area contributed by atoms with Crippen LogP contribution in [0.3, 0.4) is 0 Å². The van der Waals surface area contributed by atoms with Gasteiger partial charge in [-0.05, 0) is 19.8 Å². The summed E-state index contributed by atoms with van der Waals surface area (Å²) in [6, 6.07) is 0.801. The van der Waals surface area contributed by atoms with Crippen LogP contribution in [-0.4, -0.2) is 32.6 Å². The van der Waals surface area contributed by atoms with E-state index >= 15 is 0 Å². The number of hydrogen-bond donors (Lipinski definition) is 1. The third-order valence-corrected chi connectivity index (χ3v) is 4.23. The Balaban J connectivity index is 1.86. The van der Waals surface area contributed by atoms with Crippen LogP contribution >= 0.6 is 11.8 Å². The minimum Gasteiger partial charge on any atom is -0.361 e. The highest BCUT2D eigenvalue weighted by Crippen LogP contribution is 2.21. The molecule has 0 spiro atoms. The van der Waals surface area contributed by atoms with Crippen LogP contribution in [0.25, 0.3) is 0 Å². The molecule has 4 nitrogen and oxygen atoms in total. The van der Waals surface area contributed by atoms with Crippen molar-refractivity contribution in [1.29, 1.82) is 0 Å². The fourth-order valence-electron chi connectivity index (χ4n) is 1.75. The molecule has 0 amide bonds. The average molecular weight is 252 g/mol. The number of aromatic nitrogens is 2. The number of amidine groups is 1. The highest BCUT2D eigenvalue weighted by Gasteiger charge is 2.19. The average Bonchev–Trinajstić information content (AvgIpc) is 2.76. The Morgan fingerprint density at radius 2 is 2.41 bits per heavy atom. The third-order valence-electron chi connectivity index (χ3n) is 3.04. The first kappa shape index (κ1) is 12.5. The van der Waals surface area contributed by atoms with E-state index in [0.717, 1.165) is 17.5 Å². The molecule has 0 saturated heterocycles. The number of aliphatic imine (C=N–C) groups is 1. The van der Waals surface area contributed by atoms with Crippen LogP contribution in [0.1, 0.15) is 20.8 Å². The molecule has 1 aromatic heterocycles. The van der Waals surface area contributed by atoms with Gasteiger partial charge in [0.05, 0.1) is 12.4 Å². The SMILES string of the molecule is CC(Cn1ccnc1)NC1=NC(C)C(C)CS1. The van der Waals surface area contributed by atoms with Gasteiger partial charge in [-0.3, -0.25) is 4.99 Å². The second-order valence-corrected chi connectivity index (χ2v) is 5.78. The smallest absolute Gasteiger partial charge is 0.157 e. The van der Waals surface area contributed by atoms with Gasteiger partial charge in [0, 0.05) is 30.7 Å². The van der Waals surface area contributed by atoms with E-state index < -0.39 is 0 Å². The van der Waals surface area contributed by atoms with Gasteiger partial charge in [0.15, 0.2) is 5.17 Å². The predicted molar refractivity (Wildman–Crippen MR) is 73.3 cm³/mol. The van der Waals surface area contributed by atoms with Crippen LogP contribution in [0.15, 0.2) is 23.7 Å². The maximum absolute atomic E-state index is 4.68. The number of nitrogens with zero attached hydrogens (tertiary/aromatic N) is 3. The van der Waals surface area contributed by atoms with Crippen molar-refractivity contribution < 1.29 is 0 Å². The second kappa shape index (κ2) is 5.58. The molecular formula is C12H20N4S. The van der Waals surface area contributed by atoms with Crippen LogP contribution in [-0.2, 0) is 6.54 Å². The zero-order valence-electron chi connectivity index (χ0n) is 10.6. The summed E-state index contributed by atoms with van der Waals surface area (Å²) in [5.41, 5.74) is 0. The Labute approximate surface area is 107 Å². The summed E-state index contributed by atoms with van der Waals surface area (Å²) in [7, 11) is 0. The molecule has 0 aromatic carbocycles. The molecule has 0 bridgehead atoms. The van der Waals surface area contributed by atoms with E-state index in [0.29, 0.717) is 18.0 Å². The molecule has 0 fully saturated rings. The summed E-state index contributed by atoms with van der Waals surface area (Å²) in [6.07, 6.45) is 5.64. The lowest BCUT2D eigenvalue weighted by Gasteiger charge is -2.25. The summed E-state index contributed by atoms with van der Waals surface area (Å²) in [5, 5.41) is 4.56. The Morgan fingerprint density at radius 1 is 1.59 bits per heavy atom. The summed E-state index contributed by atoms with van der Waals surface area (Å²) in [5.74, 6) is 1.83. The van der Waals surface area contributed by atoms with E-state index in [-0.39, 0.29) is 0 Å². The second-order valence-electron chi connectivity index (χ2n) is 4.77. The normalized spacial score (nSPS) is 26.4. The summed E-state index contributed by atoms with van der Waals surface area (Å²) in [6.45, 7) is 7.54. The van der Waals surface area contributed by atoms with Crippen molar-refractivity contribution in [3.8, 4) is 0 Å². The molecule has 3 unspecified atom stereocenters. The van der Waals surface area contributed by atoms with Crippen molar-refractivity contribution in [3.63, 3.8) is 0 Å². The molecular weight excluding hydrogens is 232 g/mol. The van der Waals surface area contributed by atoms with Crippen LogP contribution < -0.4 is 5.32 Å². The quantitative estimate of drug-likeness (QED) is 0.894. The number of nitrogens with one attached hydrogen (secondary N) is 1. The van der Waals surface area contributed by atoms with Crippen molar-refractivity contribution in [2.24, 2.45) is 10.9 Å². The van der Waals surface area contributed by atoms with E-state index in [4.69, 9.17) is 0 Å². The standard InChI is InChI=1S/C12H20N4S/c1-9-7-17-12(15-11(9)3)14-10(2)6-16-5-4-13-8-16/h4-5,8-11H,6-7H2,1-3H3,(H,14,15). The highest BCUT2D eigenvalue weighted by molar-refractivity contribution is 8.13. The molecule has 94 valence electrons. The number of thioether (sulfide) groups is 1. The lowest BCUT2D eigenvalue weighted by Crippen LogP contribution is -2.37. The van der Waals surface area contributed by atoms with Crippen LogP contribution in [0.5, 0.6) is 0 Å². The van der Waals surface area contributed by atoms with Gasteiger partial charge in [0.2, 0.25) is 0 Å². The first-order chi connectivity index (χ1) is 8.15. The van der Waals surface area contributed by atoms with E-state index in [1.54, 1.807) is 0 Å². The van der Waals surface area contributed by atoms with Gasteiger partial charge in [-0.15, -0.1) is 0 Å². The first-order valence-corrected chi connectivity index (χ1v) is 7.06. The lowest BCUT2D eigenvalue weighted by atomic mass is 10.1. The highest BCUT2D eigenvalue weighted by atomic mass is 32.2. The van der Waals surface area contributed by atoms with Gasteiger partial charge in [0.25, 0.3) is 0 Å². The number of hydrogen-bond acceptors (Lipinski definition) is 4. The summed E-state index contributed by atoms with van der Waals surface area (Å²) < 4.78 is 2.08. The Kier molecular flexibility index (Phi) is 4.10. The van der Waals surface area contributed by atoms with Crippen LogP contribution in [0, 0.1) is 5.92 Å². The molecule has 5 heteroatoms. The summed E-state index contributed by atoms with van der Waals surface area (Å²) >= 11 is 1.83. The van der Waals surface area contributed by atoms with Crippen molar-refractivity contribution in [2.75, 3.05) is 5.75 Å². The van der Waals surface area contributed by atoms with Gasteiger partial charge in [0.1, 0.15) is 0 Å². The minimum atomic E-state index is 0.371. The van der Waals surface area contributed by atoms with Gasteiger partial charge >= 0.3 is 0 Å². The first-order valence-electron chi connectivity index (χ1n) is 6.08. The zero-order chi connectivity index (χ0) is 12.3. The number of imidazole rings is 1. The molecule has 0 radical (unpaired) electrons. The molecule has 1 aliphatic rings. The van der Waals surface area contributed by atoms with Gasteiger partial charge in [-0.2, -0.15) is 0 Å². The van der Waals surface area contributed by atoms with Crippen molar-refractivity contribution >= 4 is 16.9 Å². The summed E-state index contributed by atoms with van der Waals surface area (Å²) in [4.78, 5) is 8.72. The van der Waals surface area contributed by atoms with Gasteiger partial charge in [-0.25, -0.2) is 4.98 Å². The fourth-order valence-corrected chi connectivity index (χ4v) is 2.97. The largest absolute Gasteiger partial charge is 0.361 e. The molecule has 1 aromatic rings. The van der Waals surface area contributed by atoms with E-state index in [9.17, 15) is 0 Å². The Morgan fingerprint density at radius 3 is 3.06 bits per heavy atom. The monoisotopic (exact) mass is 252 g/mol. The molecule has 17 heavy (non-hydrogen) atoms. The lowest BCUT2D eigenvalue weighted by molar-refractivity contribution is 0.519. The maximum atomic E-state index is 4.68.